The van der Waals surface area contributed by atoms with Gasteiger partial charge >= 0.3 is 0 Å². The molecule has 6 nitrogen and oxygen atoms in total. The summed E-state index contributed by atoms with van der Waals surface area (Å²) in [4.78, 5) is 20.3. The van der Waals surface area contributed by atoms with Gasteiger partial charge in [0.15, 0.2) is 5.17 Å². The molecule has 0 spiro atoms. The summed E-state index contributed by atoms with van der Waals surface area (Å²) in [6, 6.07) is 11.2. The number of thioether (sulfide) groups is 1. The molecule has 2 fully saturated rings. The van der Waals surface area contributed by atoms with Crippen molar-refractivity contribution in [3.05, 3.63) is 63.0 Å². The Morgan fingerprint density at radius 1 is 1.03 bits per heavy atom. The standard InChI is InChI=1S/C22H21Cl2N3O3S2/c23-18-7-4-8-19(24)17(18)13-20-21(28)27(15-5-2-1-3-6-15)22(31-20)26-14-9-11-16(12-10-14)32(25,29)30/h4,7-13,15H,1-3,5-6H2,(H2,25,29,30). The van der Waals surface area contributed by atoms with Gasteiger partial charge in [-0.1, -0.05) is 48.5 Å². The number of benzene rings is 2. The van der Waals surface area contributed by atoms with Gasteiger partial charge in [-0.05, 0) is 67.1 Å². The Kier molecular flexibility index (Phi) is 6.97. The lowest BCUT2D eigenvalue weighted by Crippen LogP contribution is -2.40. The summed E-state index contributed by atoms with van der Waals surface area (Å²) in [6.07, 6.45) is 6.81. The van der Waals surface area contributed by atoms with Gasteiger partial charge in [-0.2, -0.15) is 0 Å². The summed E-state index contributed by atoms with van der Waals surface area (Å²) in [5.41, 5.74) is 1.12. The highest BCUT2D eigenvalue weighted by molar-refractivity contribution is 8.18. The van der Waals surface area contributed by atoms with Crippen LogP contribution in [0.15, 0.2) is 57.3 Å². The van der Waals surface area contributed by atoms with Crippen LogP contribution in [0.25, 0.3) is 6.08 Å². The van der Waals surface area contributed by atoms with Crippen molar-refractivity contribution in [3.8, 4) is 0 Å². The van der Waals surface area contributed by atoms with Crippen molar-refractivity contribution in [2.24, 2.45) is 10.1 Å². The summed E-state index contributed by atoms with van der Waals surface area (Å²) in [6.45, 7) is 0. The van der Waals surface area contributed by atoms with Crippen LogP contribution in [0.5, 0.6) is 0 Å². The van der Waals surface area contributed by atoms with E-state index in [2.05, 4.69) is 4.99 Å². The number of sulfonamides is 1. The third-order valence-electron chi connectivity index (χ3n) is 5.44. The fourth-order valence-corrected chi connectivity index (χ4v) is 5.89. The number of nitrogens with two attached hydrogens (primary N) is 1. The summed E-state index contributed by atoms with van der Waals surface area (Å²) in [5.74, 6) is -0.127. The highest BCUT2D eigenvalue weighted by Crippen LogP contribution is 2.40. The quantitative estimate of drug-likeness (QED) is 0.544. The van der Waals surface area contributed by atoms with Crippen LogP contribution in [0.3, 0.4) is 0 Å². The second kappa shape index (κ2) is 9.57. The molecule has 0 bridgehead atoms. The van der Waals surface area contributed by atoms with Gasteiger partial charge in [-0.3, -0.25) is 9.69 Å². The third-order valence-corrected chi connectivity index (χ3v) is 8.01. The van der Waals surface area contributed by atoms with E-state index in [4.69, 9.17) is 28.3 Å². The van der Waals surface area contributed by atoms with Crippen LogP contribution in [0.1, 0.15) is 37.7 Å². The van der Waals surface area contributed by atoms with E-state index in [0.29, 0.717) is 31.4 Å². The first kappa shape index (κ1) is 23.3. The van der Waals surface area contributed by atoms with Crippen molar-refractivity contribution in [1.29, 1.82) is 0 Å². The maximum atomic E-state index is 13.4. The Balaban J connectivity index is 1.73. The van der Waals surface area contributed by atoms with E-state index in [-0.39, 0.29) is 16.8 Å². The van der Waals surface area contributed by atoms with Gasteiger partial charge in [0.25, 0.3) is 5.91 Å². The van der Waals surface area contributed by atoms with Gasteiger partial charge in [-0.15, -0.1) is 0 Å². The average Bonchev–Trinajstić information content (AvgIpc) is 3.06. The molecule has 0 unspecified atom stereocenters. The topological polar surface area (TPSA) is 92.8 Å². The predicted octanol–water partition coefficient (Wildman–Crippen LogP) is 5.58. The molecule has 0 atom stereocenters. The lowest BCUT2D eigenvalue weighted by atomic mass is 9.94. The summed E-state index contributed by atoms with van der Waals surface area (Å²) >= 11 is 13.9. The molecule has 4 rings (SSSR count). The molecule has 2 aromatic rings. The minimum atomic E-state index is -3.79. The maximum Gasteiger partial charge on any atom is 0.267 e. The number of halogens is 2. The van der Waals surface area contributed by atoms with E-state index in [1.54, 1.807) is 41.3 Å². The number of rotatable bonds is 4. The Hall–Kier alpha value is -1.84. The van der Waals surface area contributed by atoms with E-state index in [1.807, 2.05) is 0 Å². The first-order chi connectivity index (χ1) is 15.2. The number of amidine groups is 1. The molecular weight excluding hydrogens is 489 g/mol. The van der Waals surface area contributed by atoms with Crippen molar-refractivity contribution >= 4 is 67.8 Å². The van der Waals surface area contributed by atoms with Crippen molar-refractivity contribution in [3.63, 3.8) is 0 Å². The van der Waals surface area contributed by atoms with Crippen molar-refractivity contribution < 1.29 is 13.2 Å². The molecule has 168 valence electrons. The number of hydrogen-bond donors (Lipinski definition) is 1. The Bertz CT molecular complexity index is 1190. The second-order valence-electron chi connectivity index (χ2n) is 7.65. The number of hydrogen-bond acceptors (Lipinski definition) is 5. The summed E-state index contributed by atoms with van der Waals surface area (Å²) in [5, 5.41) is 6.66. The van der Waals surface area contributed by atoms with Gasteiger partial charge < -0.3 is 0 Å². The van der Waals surface area contributed by atoms with Crippen LogP contribution in [0.2, 0.25) is 10.0 Å². The maximum absolute atomic E-state index is 13.4. The number of primary sulfonamides is 1. The van der Waals surface area contributed by atoms with Crippen molar-refractivity contribution in [2.75, 3.05) is 0 Å². The first-order valence-corrected chi connectivity index (χ1v) is 13.2. The molecule has 1 amide bonds. The van der Waals surface area contributed by atoms with Crippen molar-refractivity contribution in [2.45, 2.75) is 43.0 Å². The molecule has 1 aliphatic heterocycles. The zero-order chi connectivity index (χ0) is 22.9. The Morgan fingerprint density at radius 2 is 1.66 bits per heavy atom. The lowest BCUT2D eigenvalue weighted by Gasteiger charge is -2.30. The van der Waals surface area contributed by atoms with Crippen LogP contribution in [0.4, 0.5) is 5.69 Å². The number of carbonyl (C=O) groups is 1. The fraction of sp³-hybridized carbons (Fsp3) is 0.273. The monoisotopic (exact) mass is 509 g/mol. The van der Waals surface area contributed by atoms with Gasteiger partial charge in [0.2, 0.25) is 10.0 Å². The van der Waals surface area contributed by atoms with Crippen LogP contribution in [-0.2, 0) is 14.8 Å². The molecule has 32 heavy (non-hydrogen) atoms. The first-order valence-electron chi connectivity index (χ1n) is 10.1. The molecule has 1 saturated heterocycles. The molecule has 0 aromatic heterocycles. The predicted molar refractivity (Wildman–Crippen MR) is 131 cm³/mol. The Labute approximate surface area is 201 Å². The van der Waals surface area contributed by atoms with Crippen LogP contribution < -0.4 is 5.14 Å². The number of nitrogens with zero attached hydrogens (tertiary/aromatic N) is 2. The highest BCUT2D eigenvalue weighted by Gasteiger charge is 2.38. The molecule has 10 heteroatoms. The molecular formula is C22H21Cl2N3O3S2. The zero-order valence-electron chi connectivity index (χ0n) is 17.0. The average molecular weight is 510 g/mol. The van der Waals surface area contributed by atoms with E-state index in [0.717, 1.165) is 32.1 Å². The minimum Gasteiger partial charge on any atom is -0.283 e. The van der Waals surface area contributed by atoms with Gasteiger partial charge in [0, 0.05) is 21.7 Å². The smallest absolute Gasteiger partial charge is 0.267 e. The summed E-state index contributed by atoms with van der Waals surface area (Å²) in [7, 11) is -3.79. The zero-order valence-corrected chi connectivity index (χ0v) is 20.1. The van der Waals surface area contributed by atoms with E-state index >= 15 is 0 Å². The summed E-state index contributed by atoms with van der Waals surface area (Å²) < 4.78 is 23.0. The SMILES string of the molecule is NS(=O)(=O)c1ccc(N=C2SC(=Cc3c(Cl)cccc3Cl)C(=O)N2C2CCCCC2)cc1. The molecule has 2 N–H and O–H groups in total. The van der Waals surface area contributed by atoms with Gasteiger partial charge in [0.05, 0.1) is 15.5 Å². The van der Waals surface area contributed by atoms with Crippen LogP contribution in [0, 0.1) is 0 Å². The van der Waals surface area contributed by atoms with E-state index in [1.165, 1.54) is 23.9 Å². The fourth-order valence-electron chi connectivity index (χ4n) is 3.83. The number of amides is 1. The molecule has 2 aromatic carbocycles. The molecule has 1 saturated carbocycles. The van der Waals surface area contributed by atoms with Crippen LogP contribution >= 0.6 is 35.0 Å². The Morgan fingerprint density at radius 3 is 2.25 bits per heavy atom. The van der Waals surface area contributed by atoms with Gasteiger partial charge in [0.1, 0.15) is 0 Å². The minimum absolute atomic E-state index is 0.00897. The normalized spacial score (nSPS) is 20.5. The number of aliphatic imine (C=N–C) groups is 1. The highest BCUT2D eigenvalue weighted by atomic mass is 35.5. The molecule has 1 heterocycles. The number of carbonyl (C=O) groups excluding carboxylic acids is 1. The lowest BCUT2D eigenvalue weighted by molar-refractivity contribution is -0.124. The van der Waals surface area contributed by atoms with E-state index < -0.39 is 10.0 Å². The van der Waals surface area contributed by atoms with Gasteiger partial charge in [-0.25, -0.2) is 18.5 Å². The van der Waals surface area contributed by atoms with Crippen molar-refractivity contribution in [1.82, 2.24) is 4.90 Å². The second-order valence-corrected chi connectivity index (χ2v) is 11.0. The molecule has 1 aliphatic carbocycles. The van der Waals surface area contributed by atoms with E-state index in [9.17, 15) is 13.2 Å². The largest absolute Gasteiger partial charge is 0.283 e. The van der Waals surface area contributed by atoms with Crippen LogP contribution in [-0.4, -0.2) is 30.4 Å². The third kappa shape index (κ3) is 5.05. The molecule has 0 radical (unpaired) electrons. The molecule has 2 aliphatic rings.